The number of carbonyl (C=O) groups is 1. The number of hydrogen-bond acceptors (Lipinski definition) is 5. The highest BCUT2D eigenvalue weighted by atomic mass is 79.9. The molecule has 4 rings (SSSR count). The zero-order chi connectivity index (χ0) is 17.4. The molecule has 0 bridgehead atoms. The van der Waals surface area contributed by atoms with Crippen LogP contribution in [0.4, 0.5) is 5.69 Å². The third-order valence-electron chi connectivity index (χ3n) is 4.27. The number of fused-ring (bicyclic) bond motifs is 3. The van der Waals surface area contributed by atoms with Gasteiger partial charge in [0, 0.05) is 15.0 Å². The van der Waals surface area contributed by atoms with E-state index in [0.29, 0.717) is 15.9 Å². The molecule has 0 unspecified atom stereocenters. The van der Waals surface area contributed by atoms with Gasteiger partial charge < -0.3 is 5.32 Å². The van der Waals surface area contributed by atoms with Crippen LogP contribution < -0.4 is 10.9 Å². The van der Waals surface area contributed by atoms with E-state index in [2.05, 4.69) is 31.6 Å². The van der Waals surface area contributed by atoms with Gasteiger partial charge in [0.05, 0.1) is 5.39 Å². The lowest BCUT2D eigenvalue weighted by molar-refractivity contribution is -0.117. The minimum absolute atomic E-state index is 0.150. The zero-order valence-corrected chi connectivity index (χ0v) is 15.7. The summed E-state index contributed by atoms with van der Waals surface area (Å²) in [7, 11) is 0. The lowest BCUT2D eigenvalue weighted by atomic mass is 9.97. The first-order chi connectivity index (χ1) is 12.1. The number of nitrogens with zero attached hydrogens (tertiary/aromatic N) is 3. The van der Waals surface area contributed by atoms with Gasteiger partial charge in [0.2, 0.25) is 5.91 Å². The van der Waals surface area contributed by atoms with Crippen LogP contribution in [0.3, 0.4) is 0 Å². The fourth-order valence-electron chi connectivity index (χ4n) is 3.08. The SMILES string of the molecule is O=C(Cn1nnc2sc3c(c2c1=O)CCCC3)Nc1ccc(Br)cc1. The Kier molecular flexibility index (Phi) is 4.39. The average molecular weight is 419 g/mol. The summed E-state index contributed by atoms with van der Waals surface area (Å²) in [5.74, 6) is -0.304. The molecule has 1 N–H and O–H groups in total. The minimum atomic E-state index is -0.304. The number of hydrogen-bond donors (Lipinski definition) is 1. The lowest BCUT2D eigenvalue weighted by Crippen LogP contribution is -2.30. The number of aromatic nitrogens is 3. The van der Waals surface area contributed by atoms with Crippen LogP contribution >= 0.6 is 27.3 Å². The molecule has 2 heterocycles. The topological polar surface area (TPSA) is 76.9 Å². The summed E-state index contributed by atoms with van der Waals surface area (Å²) in [5, 5.41) is 11.5. The van der Waals surface area contributed by atoms with Crippen molar-refractivity contribution in [3.8, 4) is 0 Å². The average Bonchev–Trinajstić information content (AvgIpc) is 2.99. The molecule has 0 atom stereocenters. The number of anilines is 1. The number of halogens is 1. The van der Waals surface area contributed by atoms with Crippen LogP contribution in [-0.2, 0) is 24.2 Å². The Morgan fingerprint density at radius 3 is 2.80 bits per heavy atom. The molecule has 1 aliphatic carbocycles. The van der Waals surface area contributed by atoms with Crippen LogP contribution in [0.15, 0.2) is 33.5 Å². The van der Waals surface area contributed by atoms with Crippen LogP contribution in [0.1, 0.15) is 23.3 Å². The van der Waals surface area contributed by atoms with Crippen LogP contribution in [0.25, 0.3) is 10.2 Å². The molecule has 25 heavy (non-hydrogen) atoms. The van der Waals surface area contributed by atoms with Crippen molar-refractivity contribution < 1.29 is 4.79 Å². The molecule has 1 amide bonds. The van der Waals surface area contributed by atoms with Gasteiger partial charge in [-0.2, -0.15) is 0 Å². The van der Waals surface area contributed by atoms with Gasteiger partial charge in [0.15, 0.2) is 4.83 Å². The van der Waals surface area contributed by atoms with E-state index < -0.39 is 0 Å². The minimum Gasteiger partial charge on any atom is -0.324 e. The maximum atomic E-state index is 12.8. The normalized spacial score (nSPS) is 13.6. The second kappa shape index (κ2) is 6.68. The Balaban J connectivity index is 1.61. The van der Waals surface area contributed by atoms with Crippen LogP contribution in [0.5, 0.6) is 0 Å². The maximum Gasteiger partial charge on any atom is 0.279 e. The number of nitrogens with one attached hydrogen (secondary N) is 1. The van der Waals surface area contributed by atoms with Gasteiger partial charge in [-0.15, -0.1) is 16.4 Å². The molecule has 6 nitrogen and oxygen atoms in total. The summed E-state index contributed by atoms with van der Waals surface area (Å²) in [5.41, 5.74) is 1.55. The van der Waals surface area contributed by atoms with Crippen molar-refractivity contribution in [2.75, 3.05) is 5.32 Å². The van der Waals surface area contributed by atoms with E-state index in [1.165, 1.54) is 4.88 Å². The van der Waals surface area contributed by atoms with E-state index >= 15 is 0 Å². The Bertz CT molecular complexity index is 1010. The highest BCUT2D eigenvalue weighted by Gasteiger charge is 2.21. The molecule has 0 radical (unpaired) electrons. The molecule has 0 aliphatic heterocycles. The van der Waals surface area contributed by atoms with E-state index in [1.54, 1.807) is 23.5 Å². The van der Waals surface area contributed by atoms with E-state index in [1.807, 2.05) is 12.1 Å². The molecule has 2 aromatic heterocycles. The molecule has 1 aliphatic rings. The Morgan fingerprint density at radius 1 is 1.24 bits per heavy atom. The first kappa shape index (κ1) is 16.4. The second-order valence-electron chi connectivity index (χ2n) is 6.00. The van der Waals surface area contributed by atoms with Crippen molar-refractivity contribution in [2.45, 2.75) is 32.2 Å². The van der Waals surface area contributed by atoms with Crippen LogP contribution in [0, 0.1) is 0 Å². The van der Waals surface area contributed by atoms with E-state index in [4.69, 9.17) is 0 Å². The van der Waals surface area contributed by atoms with Crippen molar-refractivity contribution in [2.24, 2.45) is 0 Å². The zero-order valence-electron chi connectivity index (χ0n) is 13.3. The fourth-order valence-corrected chi connectivity index (χ4v) is 4.54. The van der Waals surface area contributed by atoms with Crippen molar-refractivity contribution in [1.29, 1.82) is 0 Å². The van der Waals surface area contributed by atoms with Crippen LogP contribution in [-0.4, -0.2) is 20.9 Å². The van der Waals surface area contributed by atoms with Gasteiger partial charge in [0.25, 0.3) is 5.56 Å². The fraction of sp³-hybridized carbons (Fsp3) is 0.294. The molecular weight excluding hydrogens is 404 g/mol. The van der Waals surface area contributed by atoms with Gasteiger partial charge in [-0.05, 0) is 55.5 Å². The smallest absolute Gasteiger partial charge is 0.279 e. The molecular formula is C17H15BrN4O2S. The molecule has 8 heteroatoms. The van der Waals surface area contributed by atoms with E-state index in [9.17, 15) is 9.59 Å². The number of benzene rings is 1. The highest BCUT2D eigenvalue weighted by Crippen LogP contribution is 2.33. The van der Waals surface area contributed by atoms with Gasteiger partial charge >= 0.3 is 0 Å². The van der Waals surface area contributed by atoms with Gasteiger partial charge in [-0.25, -0.2) is 4.68 Å². The predicted octanol–water partition coefficient (Wildman–Crippen LogP) is 3.13. The number of carbonyl (C=O) groups excluding carboxylic acids is 1. The molecule has 128 valence electrons. The van der Waals surface area contributed by atoms with Crippen molar-refractivity contribution in [1.82, 2.24) is 15.0 Å². The van der Waals surface area contributed by atoms with Gasteiger partial charge in [-0.1, -0.05) is 21.1 Å². The van der Waals surface area contributed by atoms with Crippen molar-refractivity contribution >= 4 is 49.1 Å². The number of amides is 1. The Morgan fingerprint density at radius 2 is 2.00 bits per heavy atom. The standard InChI is InChI=1S/C17H15BrN4O2S/c18-10-5-7-11(8-6-10)19-14(23)9-22-17(24)15-12-3-1-2-4-13(12)25-16(15)20-21-22/h5-8H,1-4,9H2,(H,19,23). The molecule has 0 spiro atoms. The molecule has 0 fully saturated rings. The number of rotatable bonds is 3. The molecule has 3 aromatic rings. The van der Waals surface area contributed by atoms with Crippen molar-refractivity contribution in [3.05, 3.63) is 49.5 Å². The summed E-state index contributed by atoms with van der Waals surface area (Å²) in [6.45, 7) is -0.150. The highest BCUT2D eigenvalue weighted by molar-refractivity contribution is 9.10. The second-order valence-corrected chi connectivity index (χ2v) is 8.00. The van der Waals surface area contributed by atoms with Crippen LogP contribution in [0.2, 0.25) is 0 Å². The maximum absolute atomic E-state index is 12.8. The largest absolute Gasteiger partial charge is 0.324 e. The predicted molar refractivity (Wildman–Crippen MR) is 101 cm³/mol. The third kappa shape index (κ3) is 3.23. The van der Waals surface area contributed by atoms with Gasteiger partial charge in [-0.3, -0.25) is 9.59 Å². The van der Waals surface area contributed by atoms with Gasteiger partial charge in [0.1, 0.15) is 6.54 Å². The summed E-state index contributed by atoms with van der Waals surface area (Å²) >= 11 is 4.90. The molecule has 0 saturated carbocycles. The Labute approximate surface area is 156 Å². The summed E-state index contributed by atoms with van der Waals surface area (Å²) in [6, 6.07) is 7.25. The molecule has 0 saturated heterocycles. The first-order valence-electron chi connectivity index (χ1n) is 8.05. The summed E-state index contributed by atoms with van der Waals surface area (Å²) in [6.07, 6.45) is 4.14. The Hall–Kier alpha value is -2.06. The monoisotopic (exact) mass is 418 g/mol. The van der Waals surface area contributed by atoms with Crippen molar-refractivity contribution in [3.63, 3.8) is 0 Å². The van der Waals surface area contributed by atoms with E-state index in [0.717, 1.165) is 40.4 Å². The summed E-state index contributed by atoms with van der Waals surface area (Å²) in [4.78, 5) is 26.9. The first-order valence-corrected chi connectivity index (χ1v) is 9.66. The quantitative estimate of drug-likeness (QED) is 0.708. The lowest BCUT2D eigenvalue weighted by Gasteiger charge is -2.10. The summed E-state index contributed by atoms with van der Waals surface area (Å²) < 4.78 is 2.08. The van der Waals surface area contributed by atoms with E-state index in [-0.39, 0.29) is 18.0 Å². The number of aryl methyl sites for hydroxylation is 2. The third-order valence-corrected chi connectivity index (χ3v) is 5.97. The number of thiophene rings is 1. The molecule has 1 aromatic carbocycles.